The van der Waals surface area contributed by atoms with Crippen molar-refractivity contribution in [2.45, 2.75) is 18.9 Å². The van der Waals surface area contributed by atoms with Crippen LogP contribution >= 0.6 is 0 Å². The molecule has 0 saturated carbocycles. The van der Waals surface area contributed by atoms with E-state index in [0.29, 0.717) is 17.9 Å². The Hall–Kier alpha value is -3.81. The van der Waals surface area contributed by atoms with E-state index in [9.17, 15) is 14.4 Å². The number of carbonyl (C=O) groups excluding carboxylic acids is 3. The lowest BCUT2D eigenvalue weighted by molar-refractivity contribution is -0.129. The van der Waals surface area contributed by atoms with Crippen molar-refractivity contribution in [3.05, 3.63) is 60.3 Å². The molecular weight excluding hydrogens is 396 g/mol. The van der Waals surface area contributed by atoms with Crippen molar-refractivity contribution in [2.75, 3.05) is 19.0 Å². The predicted molar refractivity (Wildman–Crippen MR) is 117 cm³/mol. The number of ether oxygens (including phenoxy) is 1. The third kappa shape index (κ3) is 4.23. The number of nitrogens with zero attached hydrogens (tertiary/aromatic N) is 2. The molecule has 1 atom stereocenters. The molecule has 0 bridgehead atoms. The van der Waals surface area contributed by atoms with E-state index in [-0.39, 0.29) is 18.9 Å². The van der Waals surface area contributed by atoms with Crippen molar-refractivity contribution in [1.29, 1.82) is 0 Å². The number of anilines is 1. The molecule has 2 aromatic carbocycles. The molecule has 2 heterocycles. The van der Waals surface area contributed by atoms with Gasteiger partial charge in [0.1, 0.15) is 11.8 Å². The van der Waals surface area contributed by atoms with Crippen molar-refractivity contribution in [1.82, 2.24) is 14.8 Å². The van der Waals surface area contributed by atoms with Crippen LogP contribution in [0.25, 0.3) is 10.9 Å². The van der Waals surface area contributed by atoms with Gasteiger partial charge in [-0.25, -0.2) is 4.79 Å². The minimum absolute atomic E-state index is 0.122. The topological polar surface area (TPSA) is 92.7 Å². The molecule has 160 valence electrons. The van der Waals surface area contributed by atoms with Gasteiger partial charge in [0.25, 0.3) is 5.91 Å². The van der Waals surface area contributed by atoms with Gasteiger partial charge in [-0.1, -0.05) is 18.2 Å². The molecule has 0 spiro atoms. The second kappa shape index (κ2) is 8.51. The summed E-state index contributed by atoms with van der Waals surface area (Å²) in [7, 11) is 3.53. The van der Waals surface area contributed by atoms with Crippen LogP contribution in [-0.4, -0.2) is 47.0 Å². The van der Waals surface area contributed by atoms with Crippen LogP contribution in [0.4, 0.5) is 10.5 Å². The van der Waals surface area contributed by atoms with Crippen LogP contribution in [0.1, 0.15) is 12.0 Å². The molecule has 1 aromatic heterocycles. The molecule has 2 N–H and O–H groups in total. The van der Waals surface area contributed by atoms with E-state index in [0.717, 1.165) is 21.4 Å². The number of para-hydroxylation sites is 1. The monoisotopic (exact) mass is 420 g/mol. The van der Waals surface area contributed by atoms with E-state index in [1.165, 1.54) is 0 Å². The predicted octanol–water partition coefficient (Wildman–Crippen LogP) is 2.68. The van der Waals surface area contributed by atoms with Crippen LogP contribution in [0.5, 0.6) is 5.75 Å². The second-order valence-electron chi connectivity index (χ2n) is 7.51. The van der Waals surface area contributed by atoms with Crippen LogP contribution in [0.3, 0.4) is 0 Å². The lowest BCUT2D eigenvalue weighted by atomic mass is 10.1. The van der Waals surface area contributed by atoms with E-state index >= 15 is 0 Å². The number of hydrogen-bond donors (Lipinski definition) is 2. The van der Waals surface area contributed by atoms with Crippen molar-refractivity contribution < 1.29 is 19.1 Å². The molecule has 0 radical (unpaired) electrons. The van der Waals surface area contributed by atoms with Gasteiger partial charge >= 0.3 is 6.03 Å². The van der Waals surface area contributed by atoms with Gasteiger partial charge in [0, 0.05) is 36.4 Å². The quantitative estimate of drug-likeness (QED) is 0.575. The third-order valence-corrected chi connectivity index (χ3v) is 5.46. The van der Waals surface area contributed by atoms with Crippen LogP contribution < -0.4 is 15.4 Å². The number of urea groups is 1. The number of hydrogen-bond acceptors (Lipinski definition) is 4. The summed E-state index contributed by atoms with van der Waals surface area (Å²) in [6, 6.07) is 13.7. The minimum atomic E-state index is -0.870. The molecule has 1 aliphatic heterocycles. The fourth-order valence-corrected chi connectivity index (χ4v) is 3.83. The highest BCUT2D eigenvalue weighted by Crippen LogP contribution is 2.21. The maximum atomic E-state index is 12.7. The summed E-state index contributed by atoms with van der Waals surface area (Å²) in [5.74, 6) is -0.0186. The summed E-state index contributed by atoms with van der Waals surface area (Å²) in [5.41, 5.74) is 2.61. The highest BCUT2D eigenvalue weighted by molar-refractivity contribution is 6.07. The largest absolute Gasteiger partial charge is 0.496 e. The summed E-state index contributed by atoms with van der Waals surface area (Å²) in [6.45, 7) is 0.216. The molecular formula is C23H24N4O4. The van der Waals surface area contributed by atoms with Crippen molar-refractivity contribution in [3.8, 4) is 5.75 Å². The van der Waals surface area contributed by atoms with Gasteiger partial charge in [-0.2, -0.15) is 0 Å². The lowest BCUT2D eigenvalue weighted by Crippen LogP contribution is -2.35. The van der Waals surface area contributed by atoms with Gasteiger partial charge in [0.2, 0.25) is 5.91 Å². The molecule has 31 heavy (non-hydrogen) atoms. The molecule has 4 rings (SSSR count). The number of fused-ring (bicyclic) bond motifs is 1. The molecule has 3 aromatic rings. The Morgan fingerprint density at radius 2 is 1.97 bits per heavy atom. The number of amides is 4. The van der Waals surface area contributed by atoms with Crippen molar-refractivity contribution in [2.24, 2.45) is 7.05 Å². The number of aromatic nitrogens is 1. The number of nitrogens with one attached hydrogen (secondary N) is 2. The first-order valence-electron chi connectivity index (χ1n) is 10.0. The van der Waals surface area contributed by atoms with E-state index in [2.05, 4.69) is 10.6 Å². The maximum Gasteiger partial charge on any atom is 0.324 e. The van der Waals surface area contributed by atoms with Crippen LogP contribution in [0, 0.1) is 0 Å². The molecule has 1 saturated heterocycles. The average Bonchev–Trinajstić information content (AvgIpc) is 3.25. The minimum Gasteiger partial charge on any atom is -0.496 e. The lowest BCUT2D eigenvalue weighted by Gasteiger charge is -2.14. The fraction of sp³-hybridized carbons (Fsp3) is 0.261. The first kappa shape index (κ1) is 20.5. The number of aryl methyl sites for hydroxylation is 1. The molecule has 8 heteroatoms. The SMILES string of the molecule is COc1ccccc1CCN1C(=O)N[C@H](CC(=O)Nc2ccc3c(ccn3C)c2)C1=O. The Labute approximate surface area is 179 Å². The van der Waals surface area contributed by atoms with Crippen LogP contribution in [0.15, 0.2) is 54.7 Å². The standard InChI is InChI=1S/C23H24N4O4/c1-26-11-9-16-13-17(7-8-19(16)26)24-21(28)14-18-22(29)27(23(30)25-18)12-10-15-5-3-4-6-20(15)31-2/h3-9,11,13,18H,10,12,14H2,1-2H3,(H,24,28)(H,25,30)/t18-/m1/s1. The summed E-state index contributed by atoms with van der Waals surface area (Å²) >= 11 is 0. The number of rotatable bonds is 7. The smallest absolute Gasteiger partial charge is 0.324 e. The van der Waals surface area contributed by atoms with Gasteiger partial charge in [0.05, 0.1) is 13.5 Å². The first-order valence-corrected chi connectivity index (χ1v) is 10.0. The van der Waals surface area contributed by atoms with Crippen LogP contribution in [-0.2, 0) is 23.1 Å². The van der Waals surface area contributed by atoms with Gasteiger partial charge in [-0.05, 0) is 42.3 Å². The Kier molecular flexibility index (Phi) is 5.62. The van der Waals surface area contributed by atoms with E-state index in [1.54, 1.807) is 7.11 Å². The van der Waals surface area contributed by atoms with Crippen molar-refractivity contribution in [3.63, 3.8) is 0 Å². The average molecular weight is 420 g/mol. The summed E-state index contributed by atoms with van der Waals surface area (Å²) < 4.78 is 7.31. The normalized spacial score (nSPS) is 15.9. The molecule has 0 unspecified atom stereocenters. The Morgan fingerprint density at radius 1 is 1.16 bits per heavy atom. The van der Waals surface area contributed by atoms with Gasteiger partial charge in [-0.3, -0.25) is 14.5 Å². The summed E-state index contributed by atoms with van der Waals surface area (Å²) in [4.78, 5) is 38.6. The van der Waals surface area contributed by atoms with Gasteiger partial charge in [-0.15, -0.1) is 0 Å². The number of carbonyl (C=O) groups is 3. The molecule has 8 nitrogen and oxygen atoms in total. The zero-order valence-corrected chi connectivity index (χ0v) is 17.4. The van der Waals surface area contributed by atoms with Crippen LogP contribution in [0.2, 0.25) is 0 Å². The first-order chi connectivity index (χ1) is 15.0. The zero-order chi connectivity index (χ0) is 22.0. The highest BCUT2D eigenvalue weighted by Gasteiger charge is 2.38. The highest BCUT2D eigenvalue weighted by atomic mass is 16.5. The van der Waals surface area contributed by atoms with E-state index in [4.69, 9.17) is 4.74 Å². The number of methoxy groups -OCH3 is 1. The number of benzene rings is 2. The van der Waals surface area contributed by atoms with E-state index in [1.807, 2.05) is 66.3 Å². The summed E-state index contributed by atoms with van der Waals surface area (Å²) in [6.07, 6.45) is 2.30. The molecule has 1 aliphatic rings. The Bertz CT molecular complexity index is 1150. The third-order valence-electron chi connectivity index (χ3n) is 5.46. The van der Waals surface area contributed by atoms with Gasteiger partial charge in [0.15, 0.2) is 0 Å². The molecule has 4 amide bonds. The Morgan fingerprint density at radius 3 is 2.77 bits per heavy atom. The van der Waals surface area contributed by atoms with Crippen molar-refractivity contribution >= 4 is 34.4 Å². The maximum absolute atomic E-state index is 12.7. The molecule has 0 aliphatic carbocycles. The summed E-state index contributed by atoms with van der Waals surface area (Å²) in [5, 5.41) is 6.42. The Balaban J connectivity index is 1.36. The fourth-order valence-electron chi connectivity index (χ4n) is 3.83. The van der Waals surface area contributed by atoms with E-state index < -0.39 is 18.0 Å². The molecule has 1 fully saturated rings. The second-order valence-corrected chi connectivity index (χ2v) is 7.51. The number of imide groups is 1. The zero-order valence-electron chi connectivity index (χ0n) is 17.4. The van der Waals surface area contributed by atoms with Gasteiger partial charge < -0.3 is 19.9 Å².